The fraction of sp³-hybridized carbons (Fsp3) is 0.462. The lowest BCUT2D eigenvalue weighted by Gasteiger charge is -2.62. The van der Waals surface area contributed by atoms with E-state index in [4.69, 9.17) is 0 Å². The predicted octanol–water partition coefficient (Wildman–Crippen LogP) is 1.95. The summed E-state index contributed by atoms with van der Waals surface area (Å²) in [7, 11) is 0. The molecule has 3 aliphatic rings. The third kappa shape index (κ3) is 1.04. The molecule has 5 heteroatoms. The second kappa shape index (κ2) is 2.91. The van der Waals surface area contributed by atoms with Gasteiger partial charge in [-0.2, -0.15) is 0 Å². The highest BCUT2D eigenvalue weighted by Crippen LogP contribution is 2.63. The highest BCUT2D eigenvalue weighted by atomic mass is 16.4. The van der Waals surface area contributed by atoms with E-state index in [1.807, 2.05) is 11.5 Å². The molecular weight excluding hydrogens is 230 g/mol. The van der Waals surface area contributed by atoms with Gasteiger partial charge in [-0.1, -0.05) is 0 Å². The molecule has 92 valence electrons. The highest BCUT2D eigenvalue weighted by Gasteiger charge is 2.59. The molecule has 2 aromatic heterocycles. The normalized spacial score (nSPS) is 28.8. The molecule has 0 saturated heterocycles. The van der Waals surface area contributed by atoms with Gasteiger partial charge in [0.15, 0.2) is 0 Å². The third-order valence-corrected chi connectivity index (χ3v) is 4.36. The maximum Gasteiger partial charge on any atom is 0.352 e. The molecule has 1 N–H and O–H groups in total. The van der Waals surface area contributed by atoms with E-state index in [1.165, 1.54) is 0 Å². The Kier molecular flexibility index (Phi) is 1.62. The van der Waals surface area contributed by atoms with Crippen LogP contribution in [0.2, 0.25) is 0 Å². The van der Waals surface area contributed by atoms with Gasteiger partial charge < -0.3 is 9.67 Å². The number of fused-ring (bicyclic) bond motifs is 1. The maximum absolute atomic E-state index is 11.4. The molecule has 0 aromatic carbocycles. The summed E-state index contributed by atoms with van der Waals surface area (Å²) in [5, 5.41) is 10.2. The summed E-state index contributed by atoms with van der Waals surface area (Å²) in [5.74, 6) is 0.604. The number of carbonyl (C=O) groups is 1. The summed E-state index contributed by atoms with van der Waals surface area (Å²) < 4.78 is 1.94. The SMILES string of the molecule is Cc1ncc2cc(C(=O)O)n(C34CC(C3)C4)c2n1. The monoisotopic (exact) mass is 243 g/mol. The zero-order chi connectivity index (χ0) is 12.5. The van der Waals surface area contributed by atoms with E-state index in [0.717, 1.165) is 36.2 Å². The van der Waals surface area contributed by atoms with E-state index in [9.17, 15) is 9.90 Å². The molecule has 0 atom stereocenters. The van der Waals surface area contributed by atoms with Crippen LogP contribution in [0, 0.1) is 12.8 Å². The average molecular weight is 243 g/mol. The number of nitrogens with zero attached hydrogens (tertiary/aromatic N) is 3. The first kappa shape index (κ1) is 10.1. The number of hydrogen-bond acceptors (Lipinski definition) is 3. The number of aryl methyl sites for hydroxylation is 1. The quantitative estimate of drug-likeness (QED) is 0.875. The van der Waals surface area contributed by atoms with Crippen molar-refractivity contribution >= 4 is 17.0 Å². The van der Waals surface area contributed by atoms with Crippen LogP contribution >= 0.6 is 0 Å². The van der Waals surface area contributed by atoms with Crippen LogP contribution < -0.4 is 0 Å². The van der Waals surface area contributed by atoms with Crippen LogP contribution in [0.15, 0.2) is 12.3 Å². The van der Waals surface area contributed by atoms with E-state index in [-0.39, 0.29) is 5.54 Å². The predicted molar refractivity (Wildman–Crippen MR) is 64.5 cm³/mol. The summed E-state index contributed by atoms with van der Waals surface area (Å²) in [6.07, 6.45) is 5.01. The largest absolute Gasteiger partial charge is 0.477 e. The molecule has 5 nitrogen and oxygen atoms in total. The van der Waals surface area contributed by atoms with Crippen molar-refractivity contribution in [2.45, 2.75) is 31.7 Å². The van der Waals surface area contributed by atoms with Crippen molar-refractivity contribution in [3.63, 3.8) is 0 Å². The fourth-order valence-electron chi connectivity index (χ4n) is 3.42. The molecule has 2 bridgehead atoms. The van der Waals surface area contributed by atoms with Gasteiger partial charge in [0.05, 0.1) is 0 Å². The van der Waals surface area contributed by atoms with Crippen molar-refractivity contribution in [3.8, 4) is 0 Å². The number of carboxylic acid groups (broad SMARTS) is 1. The molecular formula is C13H13N3O2. The second-order valence-electron chi connectivity index (χ2n) is 5.57. The Morgan fingerprint density at radius 1 is 1.50 bits per heavy atom. The van der Waals surface area contributed by atoms with Crippen LogP contribution in [0.3, 0.4) is 0 Å². The Morgan fingerprint density at radius 2 is 2.22 bits per heavy atom. The molecule has 3 saturated carbocycles. The van der Waals surface area contributed by atoms with Gasteiger partial charge in [0.25, 0.3) is 0 Å². The van der Waals surface area contributed by atoms with Crippen LogP contribution in [0.25, 0.3) is 11.0 Å². The van der Waals surface area contributed by atoms with Gasteiger partial charge in [0.1, 0.15) is 17.2 Å². The molecule has 2 aromatic rings. The van der Waals surface area contributed by atoms with Gasteiger partial charge in [-0.15, -0.1) is 0 Å². The van der Waals surface area contributed by atoms with Crippen molar-refractivity contribution in [3.05, 3.63) is 23.8 Å². The summed E-state index contributed by atoms with van der Waals surface area (Å²) >= 11 is 0. The molecule has 0 spiro atoms. The minimum atomic E-state index is -0.879. The summed E-state index contributed by atoms with van der Waals surface area (Å²) in [5.41, 5.74) is 1.15. The van der Waals surface area contributed by atoms with Crippen LogP contribution in [-0.2, 0) is 5.54 Å². The van der Waals surface area contributed by atoms with E-state index in [0.29, 0.717) is 11.5 Å². The second-order valence-corrected chi connectivity index (χ2v) is 5.57. The lowest BCUT2D eigenvalue weighted by molar-refractivity contribution is -0.0873. The molecule has 5 rings (SSSR count). The number of aromatic nitrogens is 3. The Balaban J connectivity index is 2.04. The summed E-state index contributed by atoms with van der Waals surface area (Å²) in [6, 6.07) is 1.69. The van der Waals surface area contributed by atoms with E-state index >= 15 is 0 Å². The van der Waals surface area contributed by atoms with Crippen molar-refractivity contribution in [1.82, 2.24) is 14.5 Å². The minimum Gasteiger partial charge on any atom is -0.477 e. The molecule has 3 fully saturated rings. The van der Waals surface area contributed by atoms with Gasteiger partial charge in [-0.25, -0.2) is 14.8 Å². The zero-order valence-corrected chi connectivity index (χ0v) is 10.1. The molecule has 0 unspecified atom stereocenters. The molecule has 3 aliphatic carbocycles. The highest BCUT2D eigenvalue weighted by molar-refractivity contribution is 5.93. The Bertz CT molecular complexity index is 672. The third-order valence-electron chi connectivity index (χ3n) is 4.36. The van der Waals surface area contributed by atoms with Crippen molar-refractivity contribution in [1.29, 1.82) is 0 Å². The summed E-state index contributed by atoms with van der Waals surface area (Å²) in [6.45, 7) is 1.83. The van der Waals surface area contributed by atoms with Crippen molar-refractivity contribution in [2.75, 3.05) is 0 Å². The minimum absolute atomic E-state index is 0.0287. The maximum atomic E-state index is 11.4. The first-order chi connectivity index (χ1) is 8.59. The number of carboxylic acids is 1. The lowest BCUT2D eigenvalue weighted by Crippen LogP contribution is -2.59. The Morgan fingerprint density at radius 3 is 2.78 bits per heavy atom. The molecule has 0 amide bonds. The van der Waals surface area contributed by atoms with Crippen LogP contribution in [0.4, 0.5) is 0 Å². The smallest absolute Gasteiger partial charge is 0.352 e. The van der Waals surface area contributed by atoms with Gasteiger partial charge >= 0.3 is 5.97 Å². The van der Waals surface area contributed by atoms with Gasteiger partial charge in [0, 0.05) is 17.1 Å². The zero-order valence-electron chi connectivity index (χ0n) is 10.1. The number of aromatic carboxylic acids is 1. The first-order valence-electron chi connectivity index (χ1n) is 6.18. The van der Waals surface area contributed by atoms with E-state index < -0.39 is 5.97 Å². The molecule has 0 radical (unpaired) electrons. The molecule has 18 heavy (non-hydrogen) atoms. The van der Waals surface area contributed by atoms with E-state index in [1.54, 1.807) is 12.3 Å². The van der Waals surface area contributed by atoms with E-state index in [2.05, 4.69) is 9.97 Å². The fourth-order valence-corrected chi connectivity index (χ4v) is 3.42. The van der Waals surface area contributed by atoms with Crippen LogP contribution in [-0.4, -0.2) is 25.6 Å². The lowest BCUT2D eigenvalue weighted by atomic mass is 9.49. The number of rotatable bonds is 2. The Hall–Kier alpha value is -1.91. The average Bonchev–Trinajstić information content (AvgIpc) is 2.53. The molecule has 2 heterocycles. The standard InChI is InChI=1S/C13H13N3O2/c1-7-14-6-9-2-10(12(17)18)16(11(9)15-7)13-3-8(4-13)5-13/h2,6,8H,3-5H2,1H3,(H,17,18). The van der Waals surface area contributed by atoms with Crippen molar-refractivity contribution in [2.24, 2.45) is 5.92 Å². The Labute approximate surface area is 103 Å². The van der Waals surface area contributed by atoms with Gasteiger partial charge in [0.2, 0.25) is 0 Å². The van der Waals surface area contributed by atoms with Crippen molar-refractivity contribution < 1.29 is 9.90 Å². The first-order valence-corrected chi connectivity index (χ1v) is 6.18. The van der Waals surface area contributed by atoms with Crippen LogP contribution in [0.1, 0.15) is 35.6 Å². The van der Waals surface area contributed by atoms with Gasteiger partial charge in [-0.05, 0) is 38.2 Å². The molecule has 0 aliphatic heterocycles. The summed E-state index contributed by atoms with van der Waals surface area (Å²) in [4.78, 5) is 20.0. The number of hydrogen-bond donors (Lipinski definition) is 1. The topological polar surface area (TPSA) is 68.0 Å². The van der Waals surface area contributed by atoms with Gasteiger partial charge in [-0.3, -0.25) is 0 Å². The van der Waals surface area contributed by atoms with Crippen LogP contribution in [0.5, 0.6) is 0 Å².